The van der Waals surface area contributed by atoms with Crippen LogP contribution in [0.15, 0.2) is 29.8 Å². The predicted octanol–water partition coefficient (Wildman–Crippen LogP) is 2.86. The zero-order chi connectivity index (χ0) is 16.2. The molecule has 3 heteroatoms. The van der Waals surface area contributed by atoms with Crippen LogP contribution >= 0.6 is 0 Å². The molecule has 2 bridgehead atoms. The molecule has 1 aromatic rings. The summed E-state index contributed by atoms with van der Waals surface area (Å²) in [5.41, 5.74) is 10.0. The summed E-state index contributed by atoms with van der Waals surface area (Å²) < 4.78 is 0. The smallest absolute Gasteiger partial charge is 0.239 e. The van der Waals surface area contributed by atoms with Crippen LogP contribution in [0.5, 0.6) is 0 Å². The number of carbonyl (C=O) groups is 1. The second-order valence-corrected chi connectivity index (χ2v) is 7.97. The van der Waals surface area contributed by atoms with E-state index in [4.69, 9.17) is 5.73 Å². The molecule has 1 heterocycles. The maximum absolute atomic E-state index is 12.1. The molecule has 3 nitrogen and oxygen atoms in total. The lowest BCUT2D eigenvalue weighted by molar-refractivity contribution is -0.123. The normalized spacial score (nSPS) is 31.7. The highest BCUT2D eigenvalue weighted by Gasteiger charge is 2.51. The number of hydrogen-bond acceptors (Lipinski definition) is 2. The zero-order valence-electron chi connectivity index (χ0n) is 14.0. The minimum atomic E-state index is -0.296. The summed E-state index contributed by atoms with van der Waals surface area (Å²) in [6, 6.07) is 8.72. The molecule has 1 radical (unpaired) electrons. The molecule has 121 valence electrons. The third-order valence-corrected chi connectivity index (χ3v) is 6.55. The van der Waals surface area contributed by atoms with E-state index in [0.29, 0.717) is 11.3 Å². The number of amides is 1. The Balaban J connectivity index is 1.60. The Kier molecular flexibility index (Phi) is 3.38. The number of benzene rings is 1. The van der Waals surface area contributed by atoms with Gasteiger partial charge >= 0.3 is 0 Å². The highest BCUT2D eigenvalue weighted by Crippen LogP contribution is 2.59. The van der Waals surface area contributed by atoms with Crippen molar-refractivity contribution >= 4 is 5.91 Å². The average molecular weight is 309 g/mol. The summed E-state index contributed by atoms with van der Waals surface area (Å²) in [7, 11) is 0. The fourth-order valence-corrected chi connectivity index (χ4v) is 4.94. The Morgan fingerprint density at radius 2 is 2.30 bits per heavy atom. The number of rotatable bonds is 3. The molecule has 1 fully saturated rings. The molecule has 0 aromatic heterocycles. The van der Waals surface area contributed by atoms with Gasteiger partial charge in [-0.3, -0.25) is 9.69 Å². The first-order chi connectivity index (χ1) is 11.0. The SMILES string of the molecule is CC1(C)C2CC=C(CN3CCc4c[c]ccc4C3C(N)=O)C1C2. The molecule has 5 rings (SSSR count). The van der Waals surface area contributed by atoms with E-state index in [0.717, 1.165) is 31.0 Å². The minimum absolute atomic E-state index is 0.237. The van der Waals surface area contributed by atoms with E-state index in [1.807, 2.05) is 18.2 Å². The second kappa shape index (κ2) is 5.20. The molecule has 1 saturated carbocycles. The van der Waals surface area contributed by atoms with Crippen molar-refractivity contribution in [3.05, 3.63) is 47.0 Å². The van der Waals surface area contributed by atoms with Crippen LogP contribution < -0.4 is 5.73 Å². The third-order valence-electron chi connectivity index (χ3n) is 6.55. The van der Waals surface area contributed by atoms with Gasteiger partial charge in [-0.15, -0.1) is 0 Å². The first-order valence-corrected chi connectivity index (χ1v) is 8.69. The summed E-state index contributed by atoms with van der Waals surface area (Å²) >= 11 is 0. The van der Waals surface area contributed by atoms with Gasteiger partial charge in [0.05, 0.1) is 0 Å². The van der Waals surface area contributed by atoms with Gasteiger partial charge in [0.1, 0.15) is 6.04 Å². The van der Waals surface area contributed by atoms with Crippen molar-refractivity contribution in [3.8, 4) is 0 Å². The van der Waals surface area contributed by atoms with E-state index in [1.165, 1.54) is 24.0 Å². The third kappa shape index (κ3) is 2.25. The molecule has 0 spiro atoms. The van der Waals surface area contributed by atoms with Gasteiger partial charge in [-0.25, -0.2) is 0 Å². The maximum atomic E-state index is 12.1. The van der Waals surface area contributed by atoms with Crippen LogP contribution in [0, 0.1) is 23.3 Å². The molecule has 1 aromatic carbocycles. The van der Waals surface area contributed by atoms with Crippen molar-refractivity contribution < 1.29 is 4.79 Å². The molecule has 1 aliphatic heterocycles. The summed E-state index contributed by atoms with van der Waals surface area (Å²) in [6.07, 6.45) is 5.91. The molecular formula is C20H25N2O. The molecule has 3 aliphatic carbocycles. The Morgan fingerprint density at radius 1 is 1.48 bits per heavy atom. The van der Waals surface area contributed by atoms with E-state index in [-0.39, 0.29) is 11.9 Å². The van der Waals surface area contributed by atoms with Crippen molar-refractivity contribution in [2.75, 3.05) is 13.1 Å². The summed E-state index contributed by atoms with van der Waals surface area (Å²) in [5.74, 6) is 1.29. The van der Waals surface area contributed by atoms with Crippen molar-refractivity contribution in [3.63, 3.8) is 0 Å². The first kappa shape index (κ1) is 14.9. The monoisotopic (exact) mass is 309 g/mol. The number of allylic oxidation sites excluding steroid dienone is 1. The van der Waals surface area contributed by atoms with Crippen LogP contribution in [-0.2, 0) is 11.2 Å². The zero-order valence-corrected chi connectivity index (χ0v) is 14.0. The Labute approximate surface area is 138 Å². The van der Waals surface area contributed by atoms with E-state index in [9.17, 15) is 4.79 Å². The number of nitrogens with zero attached hydrogens (tertiary/aromatic N) is 1. The molecule has 2 N–H and O–H groups in total. The van der Waals surface area contributed by atoms with Gasteiger partial charge in [-0.2, -0.15) is 0 Å². The number of carbonyl (C=O) groups excluding carboxylic acids is 1. The van der Waals surface area contributed by atoms with Crippen molar-refractivity contribution in [1.82, 2.24) is 4.90 Å². The predicted molar refractivity (Wildman–Crippen MR) is 90.6 cm³/mol. The highest BCUT2D eigenvalue weighted by atomic mass is 16.1. The van der Waals surface area contributed by atoms with Gasteiger partial charge in [-0.05, 0) is 53.7 Å². The van der Waals surface area contributed by atoms with Crippen molar-refractivity contribution in [2.24, 2.45) is 23.0 Å². The fraction of sp³-hybridized carbons (Fsp3) is 0.550. The number of primary amides is 1. The Hall–Kier alpha value is -1.61. The van der Waals surface area contributed by atoms with Crippen LogP contribution in [0.4, 0.5) is 0 Å². The summed E-state index contributed by atoms with van der Waals surface area (Å²) in [4.78, 5) is 14.4. The largest absolute Gasteiger partial charge is 0.368 e. The number of fused-ring (bicyclic) bond motifs is 2. The fourth-order valence-electron chi connectivity index (χ4n) is 4.94. The van der Waals surface area contributed by atoms with Crippen molar-refractivity contribution in [2.45, 2.75) is 39.2 Å². The summed E-state index contributed by atoms with van der Waals surface area (Å²) in [6.45, 7) is 6.57. The molecular weight excluding hydrogens is 284 g/mol. The van der Waals surface area contributed by atoms with Gasteiger partial charge in [0, 0.05) is 13.1 Å². The highest BCUT2D eigenvalue weighted by molar-refractivity contribution is 5.82. The molecule has 3 unspecified atom stereocenters. The van der Waals surface area contributed by atoms with Crippen molar-refractivity contribution in [1.29, 1.82) is 0 Å². The molecule has 1 amide bonds. The van der Waals surface area contributed by atoms with E-state index in [2.05, 4.69) is 30.9 Å². The standard InChI is InChI=1S/C20H25N2O/c1-20(2)15-8-7-14(17(20)11-15)12-22-10-9-13-5-3-4-6-16(13)18(22)19(21)23/h4-7,15,17-18H,8-12H2,1-2H3,(H2,21,23). The first-order valence-electron chi connectivity index (χ1n) is 8.69. The number of nitrogens with two attached hydrogens (primary N) is 1. The van der Waals surface area contributed by atoms with E-state index in [1.54, 1.807) is 0 Å². The maximum Gasteiger partial charge on any atom is 0.239 e. The molecule has 4 aliphatic rings. The topological polar surface area (TPSA) is 46.3 Å². The second-order valence-electron chi connectivity index (χ2n) is 7.97. The van der Waals surface area contributed by atoms with Crippen LogP contribution in [0.2, 0.25) is 0 Å². The van der Waals surface area contributed by atoms with Crippen LogP contribution in [-0.4, -0.2) is 23.9 Å². The lowest BCUT2D eigenvalue weighted by Gasteiger charge is -2.57. The van der Waals surface area contributed by atoms with Gasteiger partial charge in [-0.1, -0.05) is 43.7 Å². The van der Waals surface area contributed by atoms with Crippen LogP contribution in [0.25, 0.3) is 0 Å². The van der Waals surface area contributed by atoms with Gasteiger partial charge in [0.15, 0.2) is 0 Å². The van der Waals surface area contributed by atoms with E-state index >= 15 is 0 Å². The quantitative estimate of drug-likeness (QED) is 0.873. The van der Waals surface area contributed by atoms with Gasteiger partial charge < -0.3 is 5.73 Å². The number of hydrogen-bond donors (Lipinski definition) is 1. The molecule has 3 atom stereocenters. The van der Waals surface area contributed by atoms with Gasteiger partial charge in [0.2, 0.25) is 5.91 Å². The lowest BCUT2D eigenvalue weighted by atomic mass is 9.49. The molecule has 23 heavy (non-hydrogen) atoms. The minimum Gasteiger partial charge on any atom is -0.368 e. The average Bonchev–Trinajstić information content (AvgIpc) is 2.54. The Morgan fingerprint density at radius 3 is 3.00 bits per heavy atom. The summed E-state index contributed by atoms with van der Waals surface area (Å²) in [5, 5.41) is 0. The van der Waals surface area contributed by atoms with Gasteiger partial charge in [0.25, 0.3) is 0 Å². The van der Waals surface area contributed by atoms with Crippen LogP contribution in [0.3, 0.4) is 0 Å². The van der Waals surface area contributed by atoms with E-state index < -0.39 is 0 Å². The molecule has 0 saturated heterocycles. The Bertz CT molecular complexity index is 676. The van der Waals surface area contributed by atoms with Crippen LogP contribution in [0.1, 0.15) is 43.9 Å². The lowest BCUT2D eigenvalue weighted by Crippen LogP contribution is -2.51.